The minimum atomic E-state index is -0.235. The molecule has 2 aromatic carbocycles. The van der Waals surface area contributed by atoms with Gasteiger partial charge in [-0.3, -0.25) is 9.69 Å². The third kappa shape index (κ3) is 5.33. The molecule has 1 amide bonds. The fourth-order valence-corrected chi connectivity index (χ4v) is 3.51. The van der Waals surface area contributed by atoms with Gasteiger partial charge in [-0.25, -0.2) is 4.39 Å². The number of hydrogen-bond acceptors (Lipinski definition) is 6. The Kier molecular flexibility index (Phi) is 7.35. The molecule has 162 valence electrons. The Hall–Kier alpha value is -3.00. The number of nitrogens with one attached hydrogen (secondary N) is 1. The van der Waals surface area contributed by atoms with Gasteiger partial charge < -0.3 is 24.4 Å². The summed E-state index contributed by atoms with van der Waals surface area (Å²) in [5.41, 5.74) is 1.86. The van der Waals surface area contributed by atoms with E-state index in [1.807, 2.05) is 12.1 Å². The first-order chi connectivity index (χ1) is 14.5. The highest BCUT2D eigenvalue weighted by Crippen LogP contribution is 2.38. The molecule has 1 aliphatic rings. The second kappa shape index (κ2) is 10.2. The van der Waals surface area contributed by atoms with E-state index < -0.39 is 0 Å². The fourth-order valence-electron chi connectivity index (χ4n) is 3.51. The van der Waals surface area contributed by atoms with Crippen LogP contribution in [0.3, 0.4) is 0 Å². The number of hydrogen-bond donors (Lipinski definition) is 1. The van der Waals surface area contributed by atoms with Gasteiger partial charge in [-0.15, -0.1) is 0 Å². The fraction of sp³-hybridized carbons (Fsp3) is 0.409. The number of halogens is 1. The minimum absolute atomic E-state index is 0.0426. The Bertz CT molecular complexity index is 827. The van der Waals surface area contributed by atoms with Gasteiger partial charge in [-0.1, -0.05) is 0 Å². The molecule has 0 aliphatic carbocycles. The van der Waals surface area contributed by atoms with E-state index >= 15 is 0 Å². The maximum absolute atomic E-state index is 13.1. The molecule has 0 spiro atoms. The van der Waals surface area contributed by atoms with Crippen LogP contribution in [0.25, 0.3) is 0 Å². The van der Waals surface area contributed by atoms with E-state index in [1.165, 1.54) is 12.1 Å². The van der Waals surface area contributed by atoms with Crippen LogP contribution >= 0.6 is 0 Å². The lowest BCUT2D eigenvalue weighted by Gasteiger charge is -2.35. The molecule has 0 radical (unpaired) electrons. The normalized spacial score (nSPS) is 14.3. The van der Waals surface area contributed by atoms with Gasteiger partial charge in [0.05, 0.1) is 27.9 Å². The summed E-state index contributed by atoms with van der Waals surface area (Å²) < 4.78 is 29.1. The van der Waals surface area contributed by atoms with E-state index in [0.29, 0.717) is 30.3 Å². The predicted molar refractivity (Wildman–Crippen MR) is 113 cm³/mol. The Morgan fingerprint density at radius 2 is 1.57 bits per heavy atom. The highest BCUT2D eigenvalue weighted by molar-refractivity contribution is 5.78. The number of ether oxygens (including phenoxy) is 3. The van der Waals surface area contributed by atoms with Crippen molar-refractivity contribution in [3.63, 3.8) is 0 Å². The lowest BCUT2D eigenvalue weighted by molar-refractivity contribution is -0.122. The van der Waals surface area contributed by atoms with Crippen molar-refractivity contribution in [1.82, 2.24) is 10.2 Å². The SMILES string of the molecule is COc1cc(CNC(=O)CN2CCN(c3ccc(F)cc3)CC2)cc(OC)c1OC. The third-order valence-corrected chi connectivity index (χ3v) is 5.15. The number of carbonyl (C=O) groups excluding carboxylic acids is 1. The van der Waals surface area contributed by atoms with Gasteiger partial charge in [0.2, 0.25) is 11.7 Å². The first-order valence-electron chi connectivity index (χ1n) is 9.82. The first kappa shape index (κ1) is 21.7. The van der Waals surface area contributed by atoms with E-state index in [4.69, 9.17) is 14.2 Å². The quantitative estimate of drug-likeness (QED) is 0.711. The average molecular weight is 417 g/mol. The molecule has 3 rings (SSSR count). The van der Waals surface area contributed by atoms with Crippen LogP contribution < -0.4 is 24.4 Å². The van der Waals surface area contributed by atoms with Crippen LogP contribution in [0.1, 0.15) is 5.56 Å². The van der Waals surface area contributed by atoms with Crippen molar-refractivity contribution in [2.75, 3.05) is 59.0 Å². The second-order valence-corrected chi connectivity index (χ2v) is 7.05. The maximum Gasteiger partial charge on any atom is 0.234 e. The smallest absolute Gasteiger partial charge is 0.234 e. The molecule has 1 aliphatic heterocycles. The van der Waals surface area contributed by atoms with Crippen LogP contribution in [0.4, 0.5) is 10.1 Å². The van der Waals surface area contributed by atoms with E-state index in [9.17, 15) is 9.18 Å². The highest BCUT2D eigenvalue weighted by atomic mass is 19.1. The number of piperazine rings is 1. The summed E-state index contributed by atoms with van der Waals surface area (Å²) in [6, 6.07) is 10.2. The number of nitrogens with zero attached hydrogens (tertiary/aromatic N) is 2. The summed E-state index contributed by atoms with van der Waals surface area (Å²) in [7, 11) is 4.67. The summed E-state index contributed by atoms with van der Waals surface area (Å²) >= 11 is 0. The van der Waals surface area contributed by atoms with Crippen LogP contribution in [0, 0.1) is 5.82 Å². The molecule has 0 unspecified atom stereocenters. The van der Waals surface area contributed by atoms with Gasteiger partial charge in [0.15, 0.2) is 11.5 Å². The Labute approximate surface area is 176 Å². The Morgan fingerprint density at radius 1 is 0.967 bits per heavy atom. The number of carbonyl (C=O) groups is 1. The molecule has 0 aromatic heterocycles. The molecule has 8 heteroatoms. The standard InChI is InChI=1S/C22H28FN3O4/c1-28-19-12-16(13-20(29-2)22(19)30-3)14-24-21(27)15-25-8-10-26(11-9-25)18-6-4-17(23)5-7-18/h4-7,12-13H,8-11,14-15H2,1-3H3,(H,24,27). The number of methoxy groups -OCH3 is 3. The highest BCUT2D eigenvalue weighted by Gasteiger charge is 2.19. The monoisotopic (exact) mass is 417 g/mol. The van der Waals surface area contributed by atoms with Crippen molar-refractivity contribution in [2.45, 2.75) is 6.54 Å². The first-order valence-corrected chi connectivity index (χ1v) is 9.82. The van der Waals surface area contributed by atoms with E-state index in [2.05, 4.69) is 15.1 Å². The molecule has 7 nitrogen and oxygen atoms in total. The number of benzene rings is 2. The molecule has 0 bridgehead atoms. The van der Waals surface area contributed by atoms with Crippen molar-refractivity contribution in [2.24, 2.45) is 0 Å². The predicted octanol–water partition coefficient (Wildman–Crippen LogP) is 2.29. The molecule has 2 aromatic rings. The van der Waals surface area contributed by atoms with Gasteiger partial charge in [0.25, 0.3) is 0 Å². The summed E-state index contributed by atoms with van der Waals surface area (Å²) in [5.74, 6) is 1.35. The Balaban J connectivity index is 1.49. The maximum atomic E-state index is 13.1. The third-order valence-electron chi connectivity index (χ3n) is 5.15. The molecular weight excluding hydrogens is 389 g/mol. The molecule has 30 heavy (non-hydrogen) atoms. The van der Waals surface area contributed by atoms with Crippen LogP contribution in [0.15, 0.2) is 36.4 Å². The largest absolute Gasteiger partial charge is 0.493 e. The van der Waals surface area contributed by atoms with Gasteiger partial charge in [-0.05, 0) is 42.0 Å². The van der Waals surface area contributed by atoms with Crippen molar-refractivity contribution in [3.8, 4) is 17.2 Å². The zero-order valence-electron chi connectivity index (χ0n) is 17.6. The molecule has 0 atom stereocenters. The van der Waals surface area contributed by atoms with Gasteiger partial charge in [0, 0.05) is 38.4 Å². The van der Waals surface area contributed by atoms with E-state index in [-0.39, 0.29) is 11.7 Å². The lowest BCUT2D eigenvalue weighted by atomic mass is 10.1. The van der Waals surface area contributed by atoms with E-state index in [0.717, 1.165) is 37.4 Å². The zero-order chi connectivity index (χ0) is 21.5. The number of anilines is 1. The van der Waals surface area contributed by atoms with Gasteiger partial charge in [-0.2, -0.15) is 0 Å². The second-order valence-electron chi connectivity index (χ2n) is 7.05. The minimum Gasteiger partial charge on any atom is -0.493 e. The van der Waals surface area contributed by atoms with Crippen molar-refractivity contribution >= 4 is 11.6 Å². The summed E-state index contributed by atoms with van der Waals surface area (Å²) in [6.45, 7) is 3.84. The van der Waals surface area contributed by atoms with Crippen molar-refractivity contribution < 1.29 is 23.4 Å². The number of amides is 1. The van der Waals surface area contributed by atoms with Gasteiger partial charge >= 0.3 is 0 Å². The number of rotatable bonds is 8. The molecule has 0 saturated carbocycles. The van der Waals surface area contributed by atoms with Crippen molar-refractivity contribution in [3.05, 3.63) is 47.8 Å². The van der Waals surface area contributed by atoms with Crippen LogP contribution in [0.5, 0.6) is 17.2 Å². The Morgan fingerprint density at radius 3 is 2.10 bits per heavy atom. The van der Waals surface area contributed by atoms with Crippen LogP contribution in [0.2, 0.25) is 0 Å². The van der Waals surface area contributed by atoms with Crippen LogP contribution in [-0.2, 0) is 11.3 Å². The van der Waals surface area contributed by atoms with Crippen molar-refractivity contribution in [1.29, 1.82) is 0 Å². The summed E-state index contributed by atoms with van der Waals surface area (Å²) in [5, 5.41) is 2.95. The lowest BCUT2D eigenvalue weighted by Crippen LogP contribution is -2.49. The summed E-state index contributed by atoms with van der Waals surface area (Å²) in [4.78, 5) is 16.7. The zero-order valence-corrected chi connectivity index (χ0v) is 17.6. The van der Waals surface area contributed by atoms with Gasteiger partial charge in [0.1, 0.15) is 5.82 Å². The molecule has 1 heterocycles. The molecular formula is C22H28FN3O4. The average Bonchev–Trinajstić information content (AvgIpc) is 2.78. The molecule has 1 saturated heterocycles. The summed E-state index contributed by atoms with van der Waals surface area (Å²) in [6.07, 6.45) is 0. The van der Waals surface area contributed by atoms with Crippen LogP contribution in [-0.4, -0.2) is 64.9 Å². The molecule has 1 fully saturated rings. The topological polar surface area (TPSA) is 63.3 Å². The van der Waals surface area contributed by atoms with E-state index in [1.54, 1.807) is 33.5 Å². The molecule has 1 N–H and O–H groups in total.